The predicted octanol–water partition coefficient (Wildman–Crippen LogP) is 3.68. The number of rotatable bonds is 9. The molecule has 1 amide bonds. The molecule has 148 valence electrons. The topological polar surface area (TPSA) is 97.1 Å². The lowest BCUT2D eigenvalue weighted by atomic mass is 10.1. The number of ether oxygens (including phenoxy) is 1. The van der Waals surface area contributed by atoms with Crippen molar-refractivity contribution >= 4 is 23.0 Å². The third kappa shape index (κ3) is 5.54. The molecule has 0 aromatic heterocycles. The summed E-state index contributed by atoms with van der Waals surface area (Å²) < 4.78 is 5.54. The zero-order valence-corrected chi connectivity index (χ0v) is 16.2. The van der Waals surface area contributed by atoms with E-state index in [0.29, 0.717) is 30.2 Å². The van der Waals surface area contributed by atoms with E-state index < -0.39 is 4.92 Å². The van der Waals surface area contributed by atoms with Crippen LogP contribution in [-0.2, 0) is 4.79 Å². The normalized spacial score (nSPS) is 11.0. The Kier molecular flexibility index (Phi) is 7.50. The van der Waals surface area contributed by atoms with Crippen molar-refractivity contribution in [3.05, 3.63) is 64.2 Å². The van der Waals surface area contributed by atoms with E-state index in [4.69, 9.17) is 4.74 Å². The number of anilines is 1. The van der Waals surface area contributed by atoms with Gasteiger partial charge in [0.05, 0.1) is 10.6 Å². The predicted molar refractivity (Wildman–Crippen MR) is 109 cm³/mol. The summed E-state index contributed by atoms with van der Waals surface area (Å²) in [5, 5.41) is 15.3. The fourth-order valence-electron chi connectivity index (χ4n) is 2.54. The average Bonchev–Trinajstić information content (AvgIpc) is 2.71. The molecule has 8 nitrogen and oxygen atoms in total. The van der Waals surface area contributed by atoms with Crippen LogP contribution in [0.4, 0.5) is 11.4 Å². The number of nitro groups is 1. The molecule has 0 unspecified atom stereocenters. The molecule has 28 heavy (non-hydrogen) atoms. The lowest BCUT2D eigenvalue weighted by molar-refractivity contribution is -0.384. The van der Waals surface area contributed by atoms with E-state index in [1.165, 1.54) is 6.07 Å². The van der Waals surface area contributed by atoms with Gasteiger partial charge in [-0.25, -0.2) is 0 Å². The first-order chi connectivity index (χ1) is 13.5. The number of carbonyl (C=O) groups excluding carboxylic acids is 1. The Morgan fingerprint density at radius 3 is 2.39 bits per heavy atom. The van der Waals surface area contributed by atoms with Gasteiger partial charge in [-0.3, -0.25) is 20.3 Å². The van der Waals surface area contributed by atoms with Crippen LogP contribution in [0.2, 0.25) is 0 Å². The molecule has 0 spiro atoms. The highest BCUT2D eigenvalue weighted by molar-refractivity contribution is 5.99. The van der Waals surface area contributed by atoms with Crippen molar-refractivity contribution in [3.8, 4) is 5.75 Å². The van der Waals surface area contributed by atoms with Crippen molar-refractivity contribution in [1.29, 1.82) is 0 Å². The van der Waals surface area contributed by atoms with E-state index in [-0.39, 0.29) is 18.2 Å². The number of hydrogen-bond acceptors (Lipinski definition) is 6. The molecule has 0 saturated carbocycles. The van der Waals surface area contributed by atoms with Gasteiger partial charge in [-0.05, 0) is 56.7 Å². The fraction of sp³-hybridized carbons (Fsp3) is 0.300. The number of amides is 1. The molecule has 0 bridgehead atoms. The van der Waals surface area contributed by atoms with Crippen molar-refractivity contribution in [2.75, 3.05) is 25.1 Å². The van der Waals surface area contributed by atoms with Crippen LogP contribution in [0.1, 0.15) is 26.3 Å². The third-order valence-electron chi connectivity index (χ3n) is 4.20. The van der Waals surface area contributed by atoms with Gasteiger partial charge in [0.15, 0.2) is 6.61 Å². The van der Waals surface area contributed by atoms with Gasteiger partial charge >= 0.3 is 0 Å². The lowest BCUT2D eigenvalue weighted by Crippen LogP contribution is -2.34. The van der Waals surface area contributed by atoms with Gasteiger partial charge in [0, 0.05) is 19.2 Å². The maximum absolute atomic E-state index is 12.0. The number of carbonyl (C=O) groups is 1. The number of para-hydroxylation sites is 2. The minimum Gasteiger partial charge on any atom is -0.484 e. The van der Waals surface area contributed by atoms with Gasteiger partial charge in [0.25, 0.3) is 11.6 Å². The first kappa shape index (κ1) is 20.9. The Morgan fingerprint density at radius 2 is 1.79 bits per heavy atom. The zero-order chi connectivity index (χ0) is 20.5. The van der Waals surface area contributed by atoms with Crippen LogP contribution < -0.4 is 10.2 Å². The average molecular weight is 384 g/mol. The van der Waals surface area contributed by atoms with Crippen LogP contribution in [0, 0.1) is 10.1 Å². The summed E-state index contributed by atoms with van der Waals surface area (Å²) in [4.78, 5) is 24.3. The minimum atomic E-state index is -0.460. The van der Waals surface area contributed by atoms with Crippen molar-refractivity contribution in [2.24, 2.45) is 5.10 Å². The summed E-state index contributed by atoms with van der Waals surface area (Å²) in [5.74, 6) is 0.532. The molecule has 0 aliphatic rings. The number of hydrogen-bond donors (Lipinski definition) is 1. The Labute approximate surface area is 164 Å². The third-order valence-corrected chi connectivity index (χ3v) is 4.20. The quantitative estimate of drug-likeness (QED) is 0.404. The highest BCUT2D eigenvalue weighted by atomic mass is 16.6. The summed E-state index contributed by atoms with van der Waals surface area (Å²) in [6.07, 6.45) is 0. The molecule has 8 heteroatoms. The Hall–Kier alpha value is -3.42. The van der Waals surface area contributed by atoms with Crippen LogP contribution >= 0.6 is 0 Å². The van der Waals surface area contributed by atoms with Gasteiger partial charge in [0.2, 0.25) is 0 Å². The summed E-state index contributed by atoms with van der Waals surface area (Å²) in [7, 11) is 0. The number of hydrazone groups is 1. The van der Waals surface area contributed by atoms with E-state index in [1.54, 1.807) is 42.2 Å². The molecule has 2 aromatic rings. The first-order valence-corrected chi connectivity index (χ1v) is 9.01. The first-order valence-electron chi connectivity index (χ1n) is 9.01. The van der Waals surface area contributed by atoms with E-state index in [1.807, 2.05) is 26.0 Å². The van der Waals surface area contributed by atoms with Crippen LogP contribution in [0.25, 0.3) is 0 Å². The highest BCUT2D eigenvalue weighted by Crippen LogP contribution is 2.23. The van der Waals surface area contributed by atoms with Gasteiger partial charge in [0.1, 0.15) is 11.4 Å². The van der Waals surface area contributed by atoms with E-state index in [9.17, 15) is 14.9 Å². The van der Waals surface area contributed by atoms with Crippen LogP contribution in [0.5, 0.6) is 5.75 Å². The Bertz CT molecular complexity index is 846. The van der Waals surface area contributed by atoms with Crippen molar-refractivity contribution in [3.63, 3.8) is 0 Å². The summed E-state index contributed by atoms with van der Waals surface area (Å²) in [6.45, 7) is 6.95. The summed E-state index contributed by atoms with van der Waals surface area (Å²) >= 11 is 0. The van der Waals surface area contributed by atoms with Crippen molar-refractivity contribution in [2.45, 2.75) is 20.8 Å². The molecule has 2 aromatic carbocycles. The van der Waals surface area contributed by atoms with E-state index in [2.05, 4.69) is 10.5 Å². The van der Waals surface area contributed by atoms with Crippen molar-refractivity contribution in [1.82, 2.24) is 4.90 Å². The minimum absolute atomic E-state index is 0.00662. The van der Waals surface area contributed by atoms with Crippen LogP contribution in [0.15, 0.2) is 53.6 Å². The molecular formula is C20H24N4O4. The monoisotopic (exact) mass is 384 g/mol. The summed E-state index contributed by atoms with van der Waals surface area (Å²) in [6, 6.07) is 13.5. The number of likely N-dealkylation sites (N-methyl/N-ethyl adjacent to an activating group) is 1. The number of nitrogens with one attached hydrogen (secondary N) is 1. The van der Waals surface area contributed by atoms with Crippen molar-refractivity contribution < 1.29 is 14.5 Å². The second-order valence-electron chi connectivity index (χ2n) is 5.96. The summed E-state index contributed by atoms with van der Waals surface area (Å²) in [5.41, 5.74) is 4.50. The molecule has 0 aliphatic heterocycles. The second kappa shape index (κ2) is 10.1. The molecule has 0 saturated heterocycles. The molecule has 0 fully saturated rings. The molecule has 1 N–H and O–H groups in total. The molecule has 0 radical (unpaired) electrons. The number of nitrogens with zero attached hydrogens (tertiary/aromatic N) is 3. The molecular weight excluding hydrogens is 360 g/mol. The SMILES string of the molecule is CCN(CC)C(=O)COc1ccc(/C(C)=N\Nc2ccccc2[N+](=O)[O-])cc1. The van der Waals surface area contributed by atoms with Gasteiger partial charge in [-0.1, -0.05) is 12.1 Å². The van der Waals surface area contributed by atoms with Gasteiger partial charge in [-0.15, -0.1) is 0 Å². The standard InChI is InChI=1S/C20H24N4O4/c1-4-23(5-2)20(25)14-28-17-12-10-16(11-13-17)15(3)21-22-18-8-6-7-9-19(18)24(26)27/h6-13,22H,4-5,14H2,1-3H3/b21-15-. The number of benzene rings is 2. The molecule has 0 heterocycles. The Balaban J connectivity index is 2.00. The van der Waals surface area contributed by atoms with Gasteiger partial charge in [-0.2, -0.15) is 5.10 Å². The maximum Gasteiger partial charge on any atom is 0.294 e. The Morgan fingerprint density at radius 1 is 1.14 bits per heavy atom. The number of nitro benzene ring substituents is 1. The zero-order valence-electron chi connectivity index (χ0n) is 16.2. The van der Waals surface area contributed by atoms with Gasteiger partial charge < -0.3 is 9.64 Å². The second-order valence-corrected chi connectivity index (χ2v) is 5.96. The molecule has 0 aliphatic carbocycles. The molecule has 2 rings (SSSR count). The highest BCUT2D eigenvalue weighted by Gasteiger charge is 2.12. The smallest absolute Gasteiger partial charge is 0.294 e. The van der Waals surface area contributed by atoms with Crippen LogP contribution in [0.3, 0.4) is 0 Å². The van der Waals surface area contributed by atoms with E-state index >= 15 is 0 Å². The van der Waals surface area contributed by atoms with E-state index in [0.717, 1.165) is 5.56 Å². The molecule has 0 atom stereocenters. The largest absolute Gasteiger partial charge is 0.484 e. The maximum atomic E-state index is 12.0. The fourth-order valence-corrected chi connectivity index (χ4v) is 2.54. The lowest BCUT2D eigenvalue weighted by Gasteiger charge is -2.18. The van der Waals surface area contributed by atoms with Crippen LogP contribution in [-0.4, -0.2) is 41.1 Å².